The monoisotopic (exact) mass is 374 g/mol. The van der Waals surface area contributed by atoms with E-state index in [9.17, 15) is 4.79 Å². The first-order valence-electron chi connectivity index (χ1n) is 8.70. The maximum Gasteiger partial charge on any atom is 0.237 e. The summed E-state index contributed by atoms with van der Waals surface area (Å²) >= 11 is 7.42. The molecule has 0 radical (unpaired) electrons. The predicted molar refractivity (Wildman–Crippen MR) is 108 cm³/mol. The van der Waals surface area contributed by atoms with Gasteiger partial charge in [-0.2, -0.15) is 0 Å². The first-order valence-corrected chi connectivity index (χ1v) is 9.96. The maximum absolute atomic E-state index is 12.4. The van der Waals surface area contributed by atoms with Gasteiger partial charge in [0, 0.05) is 34.4 Å². The zero-order valence-electron chi connectivity index (χ0n) is 14.4. The maximum atomic E-state index is 12.4. The van der Waals surface area contributed by atoms with Gasteiger partial charge in [0.05, 0.1) is 5.25 Å². The molecule has 0 aromatic heterocycles. The van der Waals surface area contributed by atoms with E-state index in [0.29, 0.717) is 5.02 Å². The molecule has 0 spiro atoms. The summed E-state index contributed by atoms with van der Waals surface area (Å²) in [6, 6.07) is 15.7. The fourth-order valence-corrected chi connectivity index (χ4v) is 3.92. The van der Waals surface area contributed by atoms with Crippen molar-refractivity contribution in [1.82, 2.24) is 0 Å². The summed E-state index contributed by atoms with van der Waals surface area (Å²) in [7, 11) is 0. The second-order valence-corrected chi connectivity index (χ2v) is 8.15. The number of carbonyl (C=O) groups excluding carboxylic acids is 1. The molecular formula is C20H23ClN2OS. The SMILES string of the molecule is C[C@@H](Sc1ccc(Cl)cc1)C(=O)Nc1ccc(N2CCCCC2)cc1. The molecule has 1 fully saturated rings. The number of carbonyl (C=O) groups is 1. The van der Waals surface area contributed by atoms with E-state index in [4.69, 9.17) is 11.6 Å². The molecule has 1 aliphatic heterocycles. The zero-order valence-corrected chi connectivity index (χ0v) is 15.9. The summed E-state index contributed by atoms with van der Waals surface area (Å²) in [5, 5.41) is 3.53. The molecule has 1 atom stereocenters. The summed E-state index contributed by atoms with van der Waals surface area (Å²) in [5.41, 5.74) is 2.08. The predicted octanol–water partition coefficient (Wildman–Crippen LogP) is 5.45. The molecule has 3 nitrogen and oxygen atoms in total. The highest BCUT2D eigenvalue weighted by atomic mass is 35.5. The second kappa shape index (κ2) is 8.63. The lowest BCUT2D eigenvalue weighted by atomic mass is 10.1. The van der Waals surface area contributed by atoms with Gasteiger partial charge in [-0.1, -0.05) is 11.6 Å². The fourth-order valence-electron chi connectivity index (χ4n) is 2.92. The van der Waals surface area contributed by atoms with E-state index >= 15 is 0 Å². The molecule has 2 aromatic carbocycles. The van der Waals surface area contributed by atoms with Gasteiger partial charge in [0.15, 0.2) is 0 Å². The molecule has 1 amide bonds. The molecule has 0 aliphatic carbocycles. The summed E-state index contributed by atoms with van der Waals surface area (Å²) in [4.78, 5) is 15.8. The number of halogens is 1. The third-order valence-electron chi connectivity index (χ3n) is 4.35. The third-order valence-corrected chi connectivity index (χ3v) is 5.72. The van der Waals surface area contributed by atoms with Crippen LogP contribution in [0.5, 0.6) is 0 Å². The van der Waals surface area contributed by atoms with E-state index in [0.717, 1.165) is 23.7 Å². The van der Waals surface area contributed by atoms with E-state index in [2.05, 4.69) is 22.3 Å². The van der Waals surface area contributed by atoms with Crippen molar-refractivity contribution in [1.29, 1.82) is 0 Å². The summed E-state index contributed by atoms with van der Waals surface area (Å²) in [6.07, 6.45) is 3.85. The number of hydrogen-bond acceptors (Lipinski definition) is 3. The minimum atomic E-state index is -0.178. The molecule has 0 unspecified atom stereocenters. The number of nitrogens with one attached hydrogen (secondary N) is 1. The quantitative estimate of drug-likeness (QED) is 0.706. The average molecular weight is 375 g/mol. The van der Waals surface area contributed by atoms with Gasteiger partial charge in [-0.3, -0.25) is 4.79 Å². The molecule has 25 heavy (non-hydrogen) atoms. The molecule has 0 saturated carbocycles. The summed E-state index contributed by atoms with van der Waals surface area (Å²) in [5.74, 6) is 0.00525. The number of rotatable bonds is 5. The van der Waals surface area contributed by atoms with Crippen LogP contribution >= 0.6 is 23.4 Å². The number of benzene rings is 2. The lowest BCUT2D eigenvalue weighted by Crippen LogP contribution is -2.29. The molecule has 1 heterocycles. The highest BCUT2D eigenvalue weighted by molar-refractivity contribution is 8.00. The number of nitrogens with zero attached hydrogens (tertiary/aromatic N) is 1. The molecule has 1 aliphatic rings. The normalized spacial score (nSPS) is 15.7. The van der Waals surface area contributed by atoms with Gasteiger partial charge in [-0.05, 0) is 74.7 Å². The Kier molecular flexibility index (Phi) is 6.27. The molecule has 132 valence electrons. The third kappa shape index (κ3) is 5.16. The Bertz CT molecular complexity index is 697. The van der Waals surface area contributed by atoms with Crippen LogP contribution in [-0.2, 0) is 4.79 Å². The minimum Gasteiger partial charge on any atom is -0.372 e. The van der Waals surface area contributed by atoms with Crippen LogP contribution in [0.1, 0.15) is 26.2 Å². The molecule has 0 bridgehead atoms. The van der Waals surface area contributed by atoms with E-state index in [1.807, 2.05) is 43.3 Å². The summed E-state index contributed by atoms with van der Waals surface area (Å²) < 4.78 is 0. The van der Waals surface area contributed by atoms with Crippen molar-refractivity contribution < 1.29 is 4.79 Å². The van der Waals surface area contributed by atoms with E-state index in [1.165, 1.54) is 36.7 Å². The van der Waals surface area contributed by atoms with Crippen LogP contribution in [0.2, 0.25) is 5.02 Å². The van der Waals surface area contributed by atoms with Crippen molar-refractivity contribution in [2.24, 2.45) is 0 Å². The van der Waals surface area contributed by atoms with Crippen LogP contribution < -0.4 is 10.2 Å². The minimum absolute atomic E-state index is 0.00525. The second-order valence-electron chi connectivity index (χ2n) is 6.30. The van der Waals surface area contributed by atoms with Crippen LogP contribution in [0.25, 0.3) is 0 Å². The Hall–Kier alpha value is -1.65. The smallest absolute Gasteiger partial charge is 0.237 e. The summed E-state index contributed by atoms with van der Waals surface area (Å²) in [6.45, 7) is 4.16. The van der Waals surface area contributed by atoms with Gasteiger partial charge in [-0.15, -0.1) is 11.8 Å². The molecule has 3 rings (SSSR count). The van der Waals surface area contributed by atoms with Gasteiger partial charge >= 0.3 is 0 Å². The van der Waals surface area contributed by atoms with Gasteiger partial charge < -0.3 is 10.2 Å². The van der Waals surface area contributed by atoms with Crippen LogP contribution in [0.4, 0.5) is 11.4 Å². The Morgan fingerprint density at radius 2 is 1.68 bits per heavy atom. The Morgan fingerprint density at radius 1 is 1.04 bits per heavy atom. The lowest BCUT2D eigenvalue weighted by Gasteiger charge is -2.28. The first-order chi connectivity index (χ1) is 12.1. The van der Waals surface area contributed by atoms with Gasteiger partial charge in [0.25, 0.3) is 0 Å². The van der Waals surface area contributed by atoms with Crippen molar-refractivity contribution in [2.75, 3.05) is 23.3 Å². The first kappa shape index (κ1) is 18.2. The largest absolute Gasteiger partial charge is 0.372 e. The average Bonchev–Trinajstić information content (AvgIpc) is 2.65. The van der Waals surface area contributed by atoms with Gasteiger partial charge in [0.1, 0.15) is 0 Å². The van der Waals surface area contributed by atoms with Crippen LogP contribution in [0, 0.1) is 0 Å². The highest BCUT2D eigenvalue weighted by Gasteiger charge is 2.15. The van der Waals surface area contributed by atoms with Crippen LogP contribution in [-0.4, -0.2) is 24.2 Å². The molecule has 1 N–H and O–H groups in total. The zero-order chi connectivity index (χ0) is 17.6. The number of thioether (sulfide) groups is 1. The number of anilines is 2. The number of amides is 1. The van der Waals surface area contributed by atoms with Crippen molar-refractivity contribution in [3.8, 4) is 0 Å². The highest BCUT2D eigenvalue weighted by Crippen LogP contribution is 2.26. The molecule has 2 aromatic rings. The van der Waals surface area contributed by atoms with Crippen molar-refractivity contribution in [3.63, 3.8) is 0 Å². The van der Waals surface area contributed by atoms with Gasteiger partial charge in [0.2, 0.25) is 5.91 Å². The molecule has 5 heteroatoms. The van der Waals surface area contributed by atoms with Gasteiger partial charge in [-0.25, -0.2) is 0 Å². The van der Waals surface area contributed by atoms with E-state index in [1.54, 1.807) is 0 Å². The van der Waals surface area contributed by atoms with Crippen LogP contribution in [0.3, 0.4) is 0 Å². The van der Waals surface area contributed by atoms with E-state index < -0.39 is 0 Å². The Morgan fingerprint density at radius 3 is 2.32 bits per heavy atom. The molecular weight excluding hydrogens is 352 g/mol. The Labute approximate surface area is 158 Å². The fraction of sp³-hybridized carbons (Fsp3) is 0.350. The standard InChI is InChI=1S/C20H23ClN2OS/c1-15(25-19-11-5-16(21)6-12-19)20(24)22-17-7-9-18(10-8-17)23-13-3-2-4-14-23/h5-12,15H,2-4,13-14H2,1H3,(H,22,24)/t15-/m1/s1. The van der Waals surface area contributed by atoms with Crippen molar-refractivity contribution in [3.05, 3.63) is 53.6 Å². The van der Waals surface area contributed by atoms with E-state index in [-0.39, 0.29) is 11.2 Å². The Balaban J connectivity index is 1.55. The van der Waals surface area contributed by atoms with Crippen molar-refractivity contribution >= 4 is 40.6 Å². The molecule has 1 saturated heterocycles. The topological polar surface area (TPSA) is 32.3 Å². The number of piperidine rings is 1. The lowest BCUT2D eigenvalue weighted by molar-refractivity contribution is -0.115. The van der Waals surface area contributed by atoms with Crippen LogP contribution in [0.15, 0.2) is 53.4 Å². The van der Waals surface area contributed by atoms with Crippen molar-refractivity contribution in [2.45, 2.75) is 36.3 Å². The number of hydrogen-bond donors (Lipinski definition) is 1.